The van der Waals surface area contributed by atoms with Crippen molar-refractivity contribution < 1.29 is 14.3 Å². The van der Waals surface area contributed by atoms with Crippen molar-refractivity contribution in [2.75, 3.05) is 39.9 Å². The van der Waals surface area contributed by atoms with E-state index in [0.717, 1.165) is 56.2 Å². The van der Waals surface area contributed by atoms with Gasteiger partial charge >= 0.3 is 5.97 Å². The molecule has 1 saturated carbocycles. The molecule has 2 aromatic rings. The van der Waals surface area contributed by atoms with Gasteiger partial charge in [-0.05, 0) is 80.3 Å². The summed E-state index contributed by atoms with van der Waals surface area (Å²) in [4.78, 5) is 19.7. The van der Waals surface area contributed by atoms with Crippen molar-refractivity contribution in [1.82, 2.24) is 15.2 Å². The largest absolute Gasteiger partial charge is 0.497 e. The van der Waals surface area contributed by atoms with Crippen molar-refractivity contribution in [2.45, 2.75) is 58.4 Å². The lowest BCUT2D eigenvalue weighted by Gasteiger charge is -2.33. The number of methoxy groups -OCH3 is 1. The number of piperazine rings is 1. The number of rotatable bonds is 8. The van der Waals surface area contributed by atoms with Gasteiger partial charge in [0.25, 0.3) is 0 Å². The summed E-state index contributed by atoms with van der Waals surface area (Å²) in [5.41, 5.74) is 3.56. The second kappa shape index (κ2) is 11.3. The lowest BCUT2D eigenvalue weighted by atomic mass is 9.83. The molecule has 1 saturated heterocycles. The van der Waals surface area contributed by atoms with E-state index in [1.165, 1.54) is 42.2 Å². The highest BCUT2D eigenvalue weighted by Gasteiger charge is 2.28. The fourth-order valence-corrected chi connectivity index (χ4v) is 5.45. The molecule has 0 amide bonds. The van der Waals surface area contributed by atoms with E-state index in [1.807, 2.05) is 18.3 Å². The maximum absolute atomic E-state index is 12.7. The Hall–Kier alpha value is -2.18. The smallest absolute Gasteiger partial charge is 0.324 e. The van der Waals surface area contributed by atoms with Crippen LogP contribution in [0.3, 0.4) is 0 Å². The second-order valence-electron chi connectivity index (χ2n) is 9.98. The molecule has 3 atom stereocenters. The van der Waals surface area contributed by atoms with Crippen LogP contribution in [0.2, 0.25) is 0 Å². The molecule has 2 heterocycles. The maximum atomic E-state index is 12.7. The quantitative estimate of drug-likeness (QED) is 0.607. The van der Waals surface area contributed by atoms with Crippen molar-refractivity contribution in [2.24, 2.45) is 11.8 Å². The first-order valence-corrected chi connectivity index (χ1v) is 12.6. The Labute approximate surface area is 198 Å². The molecule has 33 heavy (non-hydrogen) atoms. The van der Waals surface area contributed by atoms with Crippen LogP contribution in [0.4, 0.5) is 0 Å². The molecule has 6 nitrogen and oxygen atoms in total. The van der Waals surface area contributed by atoms with E-state index >= 15 is 0 Å². The van der Waals surface area contributed by atoms with E-state index in [9.17, 15) is 4.79 Å². The third-order valence-electron chi connectivity index (χ3n) is 7.35. The average Bonchev–Trinajstić information content (AvgIpc) is 2.84. The zero-order valence-electron chi connectivity index (χ0n) is 20.4. The number of nitrogens with one attached hydrogen (secondary N) is 1. The van der Waals surface area contributed by atoms with Gasteiger partial charge in [-0.1, -0.05) is 19.8 Å². The van der Waals surface area contributed by atoms with Gasteiger partial charge in [0.1, 0.15) is 11.8 Å². The van der Waals surface area contributed by atoms with Crippen LogP contribution in [0.15, 0.2) is 24.4 Å². The summed E-state index contributed by atoms with van der Waals surface area (Å²) in [6, 6.07) is 5.86. The second-order valence-corrected chi connectivity index (χ2v) is 9.98. The number of aromatic nitrogens is 1. The van der Waals surface area contributed by atoms with Crippen LogP contribution in [0, 0.1) is 18.8 Å². The summed E-state index contributed by atoms with van der Waals surface area (Å²) >= 11 is 0. The molecule has 0 spiro atoms. The minimum atomic E-state index is -0.215. The van der Waals surface area contributed by atoms with Crippen LogP contribution in [0.1, 0.15) is 50.2 Å². The van der Waals surface area contributed by atoms with Crippen LogP contribution in [-0.4, -0.2) is 61.8 Å². The van der Waals surface area contributed by atoms with Gasteiger partial charge in [-0.2, -0.15) is 0 Å². The molecule has 1 aromatic carbocycles. The molecule has 180 valence electrons. The highest BCUT2D eigenvalue weighted by molar-refractivity contribution is 5.84. The van der Waals surface area contributed by atoms with Crippen LogP contribution in [0.5, 0.6) is 5.75 Å². The lowest BCUT2D eigenvalue weighted by Crippen LogP contribution is -2.54. The molecule has 2 aliphatic rings. The molecule has 6 heteroatoms. The Kier molecular flexibility index (Phi) is 8.20. The van der Waals surface area contributed by atoms with Gasteiger partial charge in [-0.3, -0.25) is 14.7 Å². The zero-order valence-corrected chi connectivity index (χ0v) is 20.4. The molecule has 2 fully saturated rings. The Morgan fingerprint density at radius 3 is 3.00 bits per heavy atom. The van der Waals surface area contributed by atoms with Crippen molar-refractivity contribution in [3.8, 4) is 5.75 Å². The van der Waals surface area contributed by atoms with E-state index in [1.54, 1.807) is 7.11 Å². The number of hydrogen-bond donors (Lipinski definition) is 1. The van der Waals surface area contributed by atoms with Gasteiger partial charge < -0.3 is 14.8 Å². The monoisotopic (exact) mass is 453 g/mol. The van der Waals surface area contributed by atoms with Gasteiger partial charge in [0.05, 0.1) is 19.2 Å². The number of fused-ring (bicyclic) bond motifs is 1. The summed E-state index contributed by atoms with van der Waals surface area (Å²) in [6.07, 6.45) is 8.94. The van der Waals surface area contributed by atoms with Crippen LogP contribution in [0.25, 0.3) is 10.9 Å². The normalized spacial score (nSPS) is 24.0. The first-order valence-electron chi connectivity index (χ1n) is 12.6. The van der Waals surface area contributed by atoms with Crippen LogP contribution >= 0.6 is 0 Å². The van der Waals surface area contributed by atoms with Gasteiger partial charge in [-0.15, -0.1) is 0 Å². The topological polar surface area (TPSA) is 63.7 Å². The summed E-state index contributed by atoms with van der Waals surface area (Å²) in [6.45, 7) is 8.51. The molecule has 1 aromatic heterocycles. The Bertz CT molecular complexity index is 948. The van der Waals surface area contributed by atoms with Crippen LogP contribution < -0.4 is 10.1 Å². The highest BCUT2D eigenvalue weighted by Crippen LogP contribution is 2.29. The molecular formula is C27H39N3O3. The van der Waals surface area contributed by atoms with E-state index in [-0.39, 0.29) is 12.0 Å². The molecular weight excluding hydrogens is 414 g/mol. The first kappa shape index (κ1) is 24.0. The maximum Gasteiger partial charge on any atom is 0.324 e. The van der Waals surface area contributed by atoms with Crippen molar-refractivity contribution in [1.29, 1.82) is 0 Å². The molecule has 1 N–H and O–H groups in total. The number of carbonyl (C=O) groups excluding carboxylic acids is 1. The number of esters is 1. The van der Waals surface area contributed by atoms with E-state index in [2.05, 4.69) is 35.1 Å². The first-order chi connectivity index (χ1) is 16.0. The Morgan fingerprint density at radius 1 is 1.30 bits per heavy atom. The minimum Gasteiger partial charge on any atom is -0.497 e. The molecule has 1 unspecified atom stereocenters. The third-order valence-corrected chi connectivity index (χ3v) is 7.35. The number of ether oxygens (including phenoxy) is 2. The number of carbonyl (C=O) groups is 1. The van der Waals surface area contributed by atoms with Gasteiger partial charge in [0.15, 0.2) is 0 Å². The lowest BCUT2D eigenvalue weighted by molar-refractivity contribution is -0.149. The van der Waals surface area contributed by atoms with Crippen LogP contribution in [-0.2, 0) is 16.0 Å². The van der Waals surface area contributed by atoms with E-state index in [0.29, 0.717) is 12.5 Å². The predicted molar refractivity (Wildman–Crippen MR) is 132 cm³/mol. The Balaban J connectivity index is 1.28. The van der Waals surface area contributed by atoms with Gasteiger partial charge in [-0.25, -0.2) is 0 Å². The molecule has 1 aliphatic heterocycles. The fraction of sp³-hybridized carbons (Fsp3) is 0.630. The summed E-state index contributed by atoms with van der Waals surface area (Å²) in [5.74, 6) is 2.07. The zero-order chi connectivity index (χ0) is 23.2. The number of nitrogens with zero attached hydrogens (tertiary/aromatic N) is 2. The number of hydrogen-bond acceptors (Lipinski definition) is 6. The minimum absolute atomic E-state index is 0.0824. The molecule has 0 bridgehead atoms. The summed E-state index contributed by atoms with van der Waals surface area (Å²) in [7, 11) is 1.70. The van der Waals surface area contributed by atoms with Crippen molar-refractivity contribution in [3.05, 3.63) is 35.5 Å². The van der Waals surface area contributed by atoms with E-state index in [4.69, 9.17) is 9.47 Å². The highest BCUT2D eigenvalue weighted by atomic mass is 16.5. The number of aryl methyl sites for hydroxylation is 2. The average molecular weight is 454 g/mol. The summed E-state index contributed by atoms with van der Waals surface area (Å²) < 4.78 is 11.2. The molecule has 4 rings (SSSR count). The van der Waals surface area contributed by atoms with Crippen molar-refractivity contribution >= 4 is 16.9 Å². The van der Waals surface area contributed by atoms with E-state index < -0.39 is 0 Å². The van der Waals surface area contributed by atoms with Gasteiger partial charge in [0, 0.05) is 31.2 Å². The number of pyridine rings is 1. The SMILES string of the molecule is COc1ccc2ncc(C)c(CCCN3CCN[C@@H](C(=O)OCC4CCC[C@H](C)C4)C3)c2c1. The Morgan fingerprint density at radius 2 is 2.18 bits per heavy atom. The number of benzene rings is 1. The fourth-order valence-electron chi connectivity index (χ4n) is 5.45. The summed E-state index contributed by atoms with van der Waals surface area (Å²) in [5, 5.41) is 4.54. The third kappa shape index (κ3) is 6.24. The predicted octanol–water partition coefficient (Wildman–Crippen LogP) is 4.13. The van der Waals surface area contributed by atoms with Crippen molar-refractivity contribution in [3.63, 3.8) is 0 Å². The van der Waals surface area contributed by atoms with Gasteiger partial charge in [0.2, 0.25) is 0 Å². The molecule has 0 radical (unpaired) electrons. The molecule has 1 aliphatic carbocycles. The standard InChI is InChI=1S/C27H39N3O3/c1-19-6-4-7-21(14-19)18-33-27(31)26-17-30(13-11-28-26)12-5-8-23-20(2)16-29-25-10-9-22(32-3)15-24(23)25/h9-10,15-16,19,21,26,28H,4-8,11-14,17-18H2,1-3H3/t19-,21?,26+/m0/s1.